The minimum atomic E-state index is -0.378. The summed E-state index contributed by atoms with van der Waals surface area (Å²) < 4.78 is 8.03. The number of hydrogen-bond donors (Lipinski definition) is 4. The lowest BCUT2D eigenvalue weighted by atomic mass is 9.92. The molecule has 0 fully saturated rings. The van der Waals surface area contributed by atoms with E-state index in [0.29, 0.717) is 47.7 Å². The summed E-state index contributed by atoms with van der Waals surface area (Å²) in [6.07, 6.45) is 4.96. The van der Waals surface area contributed by atoms with Crippen LogP contribution in [0.5, 0.6) is 5.75 Å². The van der Waals surface area contributed by atoms with Crippen LogP contribution in [0.2, 0.25) is 0 Å². The van der Waals surface area contributed by atoms with Crippen molar-refractivity contribution in [3.05, 3.63) is 120 Å². The Morgan fingerprint density at radius 3 is 2.38 bits per heavy atom. The topological polar surface area (TPSA) is 145 Å². The number of nitrogens with one attached hydrogen (secondary N) is 3. The van der Waals surface area contributed by atoms with Gasteiger partial charge in [-0.05, 0) is 48.9 Å². The van der Waals surface area contributed by atoms with E-state index in [0.717, 1.165) is 33.3 Å². The van der Waals surface area contributed by atoms with E-state index in [1.165, 1.54) is 0 Å². The molecule has 47 heavy (non-hydrogen) atoms. The van der Waals surface area contributed by atoms with Crippen LogP contribution < -0.4 is 26.4 Å². The highest BCUT2D eigenvalue weighted by Gasteiger charge is 2.22. The van der Waals surface area contributed by atoms with Gasteiger partial charge in [0.15, 0.2) is 0 Å². The number of benzene rings is 3. The first-order valence-corrected chi connectivity index (χ1v) is 15.3. The maximum Gasteiger partial charge on any atom is 0.324 e. The zero-order valence-electron chi connectivity index (χ0n) is 26.8. The largest absolute Gasteiger partial charge is 0.488 e. The molecule has 0 spiro atoms. The highest BCUT2D eigenvalue weighted by molar-refractivity contribution is 6.07. The van der Waals surface area contributed by atoms with Gasteiger partial charge in [0.25, 0.3) is 0 Å². The molecule has 3 aromatic heterocycles. The number of aryl methyl sites for hydroxylation is 1. The van der Waals surface area contributed by atoms with Crippen molar-refractivity contribution in [1.82, 2.24) is 24.7 Å². The van der Waals surface area contributed by atoms with Crippen molar-refractivity contribution in [2.24, 2.45) is 5.73 Å². The Bertz CT molecular complexity index is 2010. The molecule has 0 atom stereocenters. The lowest BCUT2D eigenvalue weighted by Gasteiger charge is -2.15. The minimum Gasteiger partial charge on any atom is -0.488 e. The molecular formula is C36H37N9O2. The van der Waals surface area contributed by atoms with E-state index in [9.17, 15) is 4.79 Å². The van der Waals surface area contributed by atoms with Crippen molar-refractivity contribution in [3.63, 3.8) is 0 Å². The van der Waals surface area contributed by atoms with Crippen LogP contribution in [-0.4, -0.2) is 30.8 Å². The summed E-state index contributed by atoms with van der Waals surface area (Å²) in [5, 5.41) is 15.7. The predicted molar refractivity (Wildman–Crippen MR) is 185 cm³/mol. The van der Waals surface area contributed by atoms with Crippen LogP contribution in [0, 0.1) is 6.92 Å². The normalized spacial score (nSPS) is 11.3. The predicted octanol–water partition coefficient (Wildman–Crippen LogP) is 7.24. The number of hydrogen-bond acceptors (Lipinski definition) is 8. The zero-order valence-corrected chi connectivity index (χ0v) is 26.8. The Balaban J connectivity index is 1.17. The first-order chi connectivity index (χ1) is 22.7. The van der Waals surface area contributed by atoms with Crippen LogP contribution in [0.1, 0.15) is 43.3 Å². The molecule has 0 saturated heterocycles. The maximum absolute atomic E-state index is 13.4. The second kappa shape index (κ2) is 13.3. The molecule has 0 unspecified atom stereocenters. The zero-order chi connectivity index (χ0) is 33.0. The summed E-state index contributed by atoms with van der Waals surface area (Å²) in [6, 6.07) is 24.9. The Morgan fingerprint density at radius 1 is 0.872 bits per heavy atom. The standard InChI is InChI=1S/C36H37N9O2/c1-23-9-11-26(12-10-23)45-34(18-31(44-45)36(2,3)4)43-35(46)41-29-13-14-30(28-8-6-5-7-27(28)29)47-22-24-15-16-38-32(17-24)42-33-21-39-25(19-37)20-40-33/h5-18,20-21H,19,22,37H2,1-4H3,(H,38,40,42)(H2,41,43,46). The molecule has 11 nitrogen and oxygen atoms in total. The second-order valence-electron chi connectivity index (χ2n) is 12.2. The number of carbonyl (C=O) groups is 1. The maximum atomic E-state index is 13.4. The van der Waals surface area contributed by atoms with Gasteiger partial charge in [-0.15, -0.1) is 0 Å². The molecule has 3 aromatic carbocycles. The summed E-state index contributed by atoms with van der Waals surface area (Å²) in [7, 11) is 0. The van der Waals surface area contributed by atoms with Crippen LogP contribution in [0.25, 0.3) is 16.5 Å². The monoisotopic (exact) mass is 627 g/mol. The van der Waals surface area contributed by atoms with Gasteiger partial charge in [-0.3, -0.25) is 10.3 Å². The van der Waals surface area contributed by atoms with Crippen LogP contribution in [0.3, 0.4) is 0 Å². The Morgan fingerprint density at radius 2 is 1.66 bits per heavy atom. The smallest absolute Gasteiger partial charge is 0.324 e. The molecule has 0 aliphatic carbocycles. The molecule has 6 aromatic rings. The van der Waals surface area contributed by atoms with Gasteiger partial charge in [-0.2, -0.15) is 5.10 Å². The van der Waals surface area contributed by atoms with Gasteiger partial charge in [0.1, 0.15) is 29.8 Å². The molecule has 0 radical (unpaired) electrons. The first kappa shape index (κ1) is 31.2. The number of carbonyl (C=O) groups excluding carboxylic acids is 1. The number of ether oxygens (including phenoxy) is 1. The number of aromatic nitrogens is 5. The third-order valence-electron chi connectivity index (χ3n) is 7.52. The highest BCUT2D eigenvalue weighted by Crippen LogP contribution is 2.33. The fourth-order valence-corrected chi connectivity index (χ4v) is 4.95. The van der Waals surface area contributed by atoms with E-state index >= 15 is 0 Å². The number of anilines is 4. The van der Waals surface area contributed by atoms with Crippen molar-refractivity contribution < 1.29 is 9.53 Å². The van der Waals surface area contributed by atoms with E-state index < -0.39 is 0 Å². The van der Waals surface area contributed by atoms with Crippen molar-refractivity contribution >= 4 is 39.9 Å². The molecule has 0 aliphatic heterocycles. The molecule has 11 heteroatoms. The molecule has 238 valence electrons. The van der Waals surface area contributed by atoms with E-state index in [1.54, 1.807) is 23.3 Å². The van der Waals surface area contributed by atoms with Crippen molar-refractivity contribution in [2.45, 2.75) is 46.3 Å². The van der Waals surface area contributed by atoms with E-state index in [4.69, 9.17) is 15.6 Å². The van der Waals surface area contributed by atoms with Gasteiger partial charge < -0.3 is 21.1 Å². The van der Waals surface area contributed by atoms with Crippen molar-refractivity contribution in [2.75, 3.05) is 16.0 Å². The summed E-state index contributed by atoms with van der Waals surface area (Å²) in [5.74, 6) is 2.45. The van der Waals surface area contributed by atoms with Crippen LogP contribution >= 0.6 is 0 Å². The first-order valence-electron chi connectivity index (χ1n) is 15.3. The van der Waals surface area contributed by atoms with Crippen LogP contribution in [0.4, 0.5) is 27.9 Å². The fourth-order valence-electron chi connectivity index (χ4n) is 4.95. The number of urea groups is 1. The van der Waals surface area contributed by atoms with Crippen molar-refractivity contribution in [3.8, 4) is 11.4 Å². The number of nitrogens with zero attached hydrogens (tertiary/aromatic N) is 5. The fraction of sp³-hybridized carbons (Fsp3) is 0.194. The summed E-state index contributed by atoms with van der Waals surface area (Å²) in [4.78, 5) is 26.4. The average molecular weight is 628 g/mol. The average Bonchev–Trinajstić information content (AvgIpc) is 3.49. The quantitative estimate of drug-likeness (QED) is 0.131. The van der Waals surface area contributed by atoms with Gasteiger partial charge in [-0.25, -0.2) is 19.4 Å². The molecule has 0 aliphatic rings. The molecule has 0 saturated carbocycles. The Kier molecular flexibility index (Phi) is 8.81. The van der Waals surface area contributed by atoms with Gasteiger partial charge >= 0.3 is 6.03 Å². The number of nitrogens with two attached hydrogens (primary N) is 1. The molecule has 3 heterocycles. The van der Waals surface area contributed by atoms with E-state index in [2.05, 4.69) is 51.7 Å². The second-order valence-corrected chi connectivity index (χ2v) is 12.2. The molecular weight excluding hydrogens is 590 g/mol. The van der Waals surface area contributed by atoms with Crippen molar-refractivity contribution in [1.29, 1.82) is 0 Å². The lowest BCUT2D eigenvalue weighted by Crippen LogP contribution is -2.21. The SMILES string of the molecule is Cc1ccc(-n2nc(C(C)(C)C)cc2NC(=O)Nc2ccc(OCc3ccnc(Nc4cnc(CN)cn4)c3)c3ccccc23)cc1. The van der Waals surface area contributed by atoms with Gasteiger partial charge in [0.2, 0.25) is 0 Å². The summed E-state index contributed by atoms with van der Waals surface area (Å²) >= 11 is 0. The number of amides is 2. The number of rotatable bonds is 9. The molecule has 2 amide bonds. The lowest BCUT2D eigenvalue weighted by molar-refractivity contribution is 0.262. The summed E-state index contributed by atoms with van der Waals surface area (Å²) in [6.45, 7) is 8.96. The molecule has 0 bridgehead atoms. The molecule has 6 rings (SSSR count). The van der Waals surface area contributed by atoms with E-state index in [1.807, 2.05) is 85.8 Å². The van der Waals surface area contributed by atoms with E-state index in [-0.39, 0.29) is 11.4 Å². The third kappa shape index (κ3) is 7.37. The Labute approximate surface area is 273 Å². The third-order valence-corrected chi connectivity index (χ3v) is 7.52. The van der Waals surface area contributed by atoms with Crippen LogP contribution in [-0.2, 0) is 18.6 Å². The summed E-state index contributed by atoms with van der Waals surface area (Å²) in [5.41, 5.74) is 10.6. The number of pyridine rings is 1. The van der Waals surface area contributed by atoms with Crippen LogP contribution in [0.15, 0.2) is 97.5 Å². The van der Waals surface area contributed by atoms with Gasteiger partial charge in [0, 0.05) is 35.0 Å². The van der Waals surface area contributed by atoms with Gasteiger partial charge in [0.05, 0.1) is 35.2 Å². The molecule has 5 N–H and O–H groups in total. The number of fused-ring (bicyclic) bond motifs is 1. The highest BCUT2D eigenvalue weighted by atomic mass is 16.5. The minimum absolute atomic E-state index is 0.200. The van der Waals surface area contributed by atoms with Gasteiger partial charge in [-0.1, -0.05) is 62.7 Å². The Hall–Kier alpha value is -5.81.